The number of esters is 3. The molecule has 340 valence electrons. The van der Waals surface area contributed by atoms with E-state index in [0.717, 1.165) is 60.2 Å². The number of aliphatic carboxylic acids is 1. The van der Waals surface area contributed by atoms with E-state index in [1.165, 1.54) is 37.3 Å². The maximum Gasteiger partial charge on any atom is 0.514 e. The van der Waals surface area contributed by atoms with Crippen molar-refractivity contribution < 1.29 is 81.5 Å². The Kier molecular flexibility index (Phi) is 14.6. The number of carbonyl (C=O) groups excluding carboxylic acids is 6. The van der Waals surface area contributed by atoms with Gasteiger partial charge >= 0.3 is 36.1 Å². The highest BCUT2D eigenvalue weighted by Gasteiger charge is 2.55. The zero-order valence-electron chi connectivity index (χ0n) is 35.0. The van der Waals surface area contributed by atoms with Gasteiger partial charge in [-0.05, 0) is 46.5 Å². The summed E-state index contributed by atoms with van der Waals surface area (Å²) < 4.78 is 43.8. The summed E-state index contributed by atoms with van der Waals surface area (Å²) in [5, 5.41) is 22.0. The molecular weight excluding hydrogens is 858 g/mol. The zero-order chi connectivity index (χ0) is 46.9. The van der Waals surface area contributed by atoms with Gasteiger partial charge in [-0.3, -0.25) is 29.3 Å². The molecule has 21 heteroatoms. The standard InChI is InChI=1S/C44H41N3O18/c1-5-36(51)46(45-43(54)58-22-34-32-12-8-6-10-30(32)31-11-7-9-13-33(31)34)35-20-29(17-14-26(35)21-59-44(55)64-28-18-15-27(16-19-28)47(56)57)63-42-40(62-25(4)50)38(61-24(3)49)37(60-23(2)48)39(65-42)41(52)53/h6-20,34,37-40,42H,5,21-22H2,1-4H3,(H,45,54)(H,52,53)/t37-,38-,39-,40+,42+/m0/s1. The van der Waals surface area contributed by atoms with E-state index in [1.807, 2.05) is 48.5 Å². The highest BCUT2D eigenvalue weighted by molar-refractivity contribution is 5.96. The molecule has 2 aliphatic rings. The third kappa shape index (κ3) is 11.1. The second-order valence-electron chi connectivity index (χ2n) is 14.3. The van der Waals surface area contributed by atoms with Crippen LogP contribution in [0.25, 0.3) is 11.1 Å². The van der Waals surface area contributed by atoms with Gasteiger partial charge in [0.05, 0.1) is 10.6 Å². The van der Waals surface area contributed by atoms with Crippen molar-refractivity contribution >= 4 is 53.4 Å². The number of carboxylic acids is 1. The number of anilines is 1. The van der Waals surface area contributed by atoms with Crippen LogP contribution in [0.2, 0.25) is 0 Å². The summed E-state index contributed by atoms with van der Waals surface area (Å²) in [5.74, 6) is -5.99. The number of rotatable bonds is 14. The van der Waals surface area contributed by atoms with E-state index >= 15 is 0 Å². The van der Waals surface area contributed by atoms with E-state index in [4.69, 9.17) is 37.9 Å². The third-order valence-corrected chi connectivity index (χ3v) is 9.89. The van der Waals surface area contributed by atoms with Crippen molar-refractivity contribution in [1.29, 1.82) is 0 Å². The minimum atomic E-state index is -2.04. The van der Waals surface area contributed by atoms with Gasteiger partial charge in [-0.1, -0.05) is 55.5 Å². The van der Waals surface area contributed by atoms with Crippen LogP contribution in [0.4, 0.5) is 21.0 Å². The predicted molar refractivity (Wildman–Crippen MR) is 220 cm³/mol. The number of carboxylic acid groups (broad SMARTS) is 1. The molecule has 1 aliphatic carbocycles. The first-order chi connectivity index (χ1) is 31.0. The van der Waals surface area contributed by atoms with Crippen LogP contribution < -0.4 is 19.9 Å². The number of hydrogen-bond acceptors (Lipinski definition) is 17. The summed E-state index contributed by atoms with van der Waals surface area (Å²) in [6, 6.07) is 23.5. The lowest BCUT2D eigenvalue weighted by Gasteiger charge is -2.42. The molecule has 5 atom stereocenters. The Hall–Kier alpha value is -8.07. The molecule has 1 heterocycles. The van der Waals surface area contributed by atoms with Crippen LogP contribution in [0.1, 0.15) is 56.7 Å². The van der Waals surface area contributed by atoms with E-state index in [2.05, 4.69) is 5.43 Å². The van der Waals surface area contributed by atoms with Gasteiger partial charge in [0.1, 0.15) is 24.7 Å². The summed E-state index contributed by atoms with van der Waals surface area (Å²) in [6.45, 7) is 3.67. The quantitative estimate of drug-likeness (QED) is 0.0520. The minimum absolute atomic E-state index is 0.0379. The molecule has 0 saturated carbocycles. The Bertz CT molecular complexity index is 2450. The van der Waals surface area contributed by atoms with Gasteiger partial charge in [0, 0.05) is 56.9 Å². The van der Waals surface area contributed by atoms with Crippen molar-refractivity contribution in [2.75, 3.05) is 11.6 Å². The number of nitro groups is 1. The molecule has 0 spiro atoms. The topological polar surface area (TPSA) is 272 Å². The molecule has 0 unspecified atom stereocenters. The summed E-state index contributed by atoms with van der Waals surface area (Å²) in [5.41, 5.74) is 5.82. The number of hydrazine groups is 1. The van der Waals surface area contributed by atoms with Crippen LogP contribution in [-0.2, 0) is 59.0 Å². The van der Waals surface area contributed by atoms with Crippen LogP contribution >= 0.6 is 0 Å². The number of benzene rings is 4. The summed E-state index contributed by atoms with van der Waals surface area (Å²) in [6.07, 6.45) is -11.8. The molecule has 65 heavy (non-hydrogen) atoms. The number of ether oxygens (including phenoxy) is 8. The van der Waals surface area contributed by atoms with Gasteiger partial charge in [-0.25, -0.2) is 24.8 Å². The van der Waals surface area contributed by atoms with Gasteiger partial charge in [-0.15, -0.1) is 0 Å². The van der Waals surface area contributed by atoms with E-state index in [0.29, 0.717) is 0 Å². The highest BCUT2D eigenvalue weighted by Crippen LogP contribution is 2.44. The van der Waals surface area contributed by atoms with Gasteiger partial charge in [0.25, 0.3) is 5.69 Å². The van der Waals surface area contributed by atoms with E-state index in [1.54, 1.807) is 0 Å². The van der Waals surface area contributed by atoms with Gasteiger partial charge in [-0.2, -0.15) is 0 Å². The second kappa shape index (κ2) is 20.4. The van der Waals surface area contributed by atoms with Crippen molar-refractivity contribution in [2.45, 2.75) is 77.3 Å². The van der Waals surface area contributed by atoms with Crippen LogP contribution in [0.3, 0.4) is 0 Å². The largest absolute Gasteiger partial charge is 0.514 e. The Morgan fingerprint density at radius 2 is 1.32 bits per heavy atom. The predicted octanol–water partition coefficient (Wildman–Crippen LogP) is 5.49. The van der Waals surface area contributed by atoms with Crippen molar-refractivity contribution in [1.82, 2.24) is 5.43 Å². The van der Waals surface area contributed by atoms with Crippen LogP contribution in [0.5, 0.6) is 11.5 Å². The molecule has 2 amide bonds. The monoisotopic (exact) mass is 899 g/mol. The van der Waals surface area contributed by atoms with Crippen LogP contribution in [0.15, 0.2) is 91.0 Å². The summed E-state index contributed by atoms with van der Waals surface area (Å²) in [7, 11) is 0. The number of carbonyl (C=O) groups is 7. The Morgan fingerprint density at radius 3 is 1.89 bits per heavy atom. The Balaban J connectivity index is 1.32. The third-order valence-electron chi connectivity index (χ3n) is 9.89. The fourth-order valence-corrected chi connectivity index (χ4v) is 7.18. The average molecular weight is 900 g/mol. The van der Waals surface area contributed by atoms with Crippen molar-refractivity contribution in [3.05, 3.63) is 118 Å². The van der Waals surface area contributed by atoms with Crippen LogP contribution in [0, 0.1) is 10.1 Å². The average Bonchev–Trinajstić information content (AvgIpc) is 3.58. The number of nitro benzene ring substituents is 1. The number of non-ortho nitro benzene ring substituents is 1. The molecule has 4 aromatic carbocycles. The molecule has 0 radical (unpaired) electrons. The number of nitrogens with one attached hydrogen (secondary N) is 1. The lowest BCUT2D eigenvalue weighted by atomic mass is 9.97. The normalized spacial score (nSPS) is 18.4. The lowest BCUT2D eigenvalue weighted by Crippen LogP contribution is -2.64. The molecule has 4 aromatic rings. The Labute approximate surface area is 369 Å². The molecule has 0 aromatic heterocycles. The smallest absolute Gasteiger partial charge is 0.479 e. The SMILES string of the molecule is CCC(=O)N(NC(=O)OCC1c2ccccc2-c2ccccc21)c1cc(O[C@@H]2O[C@H](C(=O)O)[C@@H](OC(C)=O)[C@H](OC(C)=O)[C@H]2OC(C)=O)ccc1COC(=O)Oc1ccc([N+](=O)[O-])cc1. The van der Waals surface area contributed by atoms with Gasteiger partial charge < -0.3 is 43.0 Å². The van der Waals surface area contributed by atoms with E-state index in [9.17, 15) is 48.8 Å². The van der Waals surface area contributed by atoms with Crippen molar-refractivity contribution in [2.24, 2.45) is 0 Å². The molecule has 6 rings (SSSR count). The molecule has 1 aliphatic heterocycles. The van der Waals surface area contributed by atoms with E-state index < -0.39 is 84.3 Å². The number of hydrogen-bond donors (Lipinski definition) is 2. The number of fused-ring (bicyclic) bond motifs is 3. The fourth-order valence-electron chi connectivity index (χ4n) is 7.18. The maximum atomic E-state index is 13.7. The summed E-state index contributed by atoms with van der Waals surface area (Å²) >= 11 is 0. The fraction of sp³-hybridized carbons (Fsp3) is 0.295. The van der Waals surface area contributed by atoms with Crippen molar-refractivity contribution in [3.8, 4) is 22.6 Å². The van der Waals surface area contributed by atoms with Crippen molar-refractivity contribution in [3.63, 3.8) is 0 Å². The summed E-state index contributed by atoms with van der Waals surface area (Å²) in [4.78, 5) is 99.7. The molecule has 2 N–H and O–H groups in total. The number of nitrogens with zero attached hydrogens (tertiary/aromatic N) is 2. The van der Waals surface area contributed by atoms with E-state index in [-0.39, 0.29) is 47.4 Å². The lowest BCUT2D eigenvalue weighted by molar-refractivity contribution is -0.384. The second-order valence-corrected chi connectivity index (χ2v) is 14.3. The molecule has 1 fully saturated rings. The minimum Gasteiger partial charge on any atom is -0.479 e. The van der Waals surface area contributed by atoms with Crippen LogP contribution in [-0.4, -0.2) is 89.4 Å². The first kappa shape index (κ1) is 46.4. The first-order valence-corrected chi connectivity index (χ1v) is 19.8. The molecular formula is C44H41N3O18. The zero-order valence-corrected chi connectivity index (χ0v) is 35.0. The maximum absolute atomic E-state index is 13.7. The molecule has 1 saturated heterocycles. The number of amides is 2. The molecule has 0 bridgehead atoms. The Morgan fingerprint density at radius 1 is 0.754 bits per heavy atom. The van der Waals surface area contributed by atoms with Gasteiger partial charge in [0.2, 0.25) is 18.3 Å². The van der Waals surface area contributed by atoms with Gasteiger partial charge in [0.15, 0.2) is 18.3 Å². The highest BCUT2D eigenvalue weighted by atomic mass is 16.7. The molecule has 21 nitrogen and oxygen atoms in total. The first-order valence-electron chi connectivity index (χ1n) is 19.8.